The third-order valence-electron chi connectivity index (χ3n) is 4.86. The lowest BCUT2D eigenvalue weighted by molar-refractivity contribution is 0.102. The smallest absolute Gasteiger partial charge is 0.256 e. The molecular weight excluding hydrogens is 511 g/mol. The predicted molar refractivity (Wildman–Crippen MR) is 129 cm³/mol. The molecule has 1 heterocycles. The van der Waals surface area contributed by atoms with Crippen LogP contribution in [-0.4, -0.2) is 10.9 Å². The van der Waals surface area contributed by atoms with Gasteiger partial charge in [-0.3, -0.25) is 4.79 Å². The Morgan fingerprint density at radius 3 is 2.60 bits per heavy atom. The number of hydrogen-bond acceptors (Lipinski definition) is 3. The molecule has 1 aromatic heterocycles. The monoisotopic (exact) mass is 524 g/mol. The van der Waals surface area contributed by atoms with E-state index in [0.29, 0.717) is 33.3 Å². The number of fused-ring (bicyclic) bond motifs is 2. The van der Waals surface area contributed by atoms with Crippen LogP contribution < -0.4 is 5.32 Å². The van der Waals surface area contributed by atoms with Gasteiger partial charge in [-0.15, -0.1) is 0 Å². The number of nitrogens with one attached hydrogen (secondary N) is 1. The van der Waals surface area contributed by atoms with Gasteiger partial charge in [-0.05, 0) is 70.4 Å². The average molecular weight is 525 g/mol. The van der Waals surface area contributed by atoms with Crippen molar-refractivity contribution in [1.82, 2.24) is 4.98 Å². The van der Waals surface area contributed by atoms with Gasteiger partial charge in [0.1, 0.15) is 5.52 Å². The van der Waals surface area contributed by atoms with Gasteiger partial charge in [-0.25, -0.2) is 4.98 Å². The van der Waals surface area contributed by atoms with Gasteiger partial charge < -0.3 is 9.73 Å². The van der Waals surface area contributed by atoms with E-state index in [4.69, 9.17) is 16.0 Å². The fourth-order valence-electron chi connectivity index (χ4n) is 3.42. The van der Waals surface area contributed by atoms with E-state index in [1.54, 1.807) is 6.07 Å². The number of carbonyl (C=O) groups is 1. The van der Waals surface area contributed by atoms with E-state index in [-0.39, 0.29) is 5.91 Å². The Morgan fingerprint density at radius 2 is 1.73 bits per heavy atom. The molecule has 0 fully saturated rings. The normalized spacial score (nSPS) is 11.1. The first kappa shape index (κ1) is 19.1. The number of carbonyl (C=O) groups excluding carboxylic acids is 1. The molecule has 4 nitrogen and oxygen atoms in total. The van der Waals surface area contributed by atoms with Gasteiger partial charge in [-0.1, -0.05) is 48.0 Å². The van der Waals surface area contributed by atoms with Gasteiger partial charge in [-0.2, -0.15) is 0 Å². The Labute approximate surface area is 191 Å². The van der Waals surface area contributed by atoms with Crippen LogP contribution in [0.3, 0.4) is 0 Å². The first-order valence-electron chi connectivity index (χ1n) is 9.24. The number of benzene rings is 4. The molecule has 0 aliphatic rings. The van der Waals surface area contributed by atoms with Crippen molar-refractivity contribution in [2.45, 2.75) is 0 Å². The first-order chi connectivity index (χ1) is 14.6. The number of nitrogens with zero attached hydrogens (tertiary/aromatic N) is 1. The summed E-state index contributed by atoms with van der Waals surface area (Å²) in [5.74, 6) is 0.353. The topological polar surface area (TPSA) is 55.1 Å². The predicted octanol–water partition coefficient (Wildman–Crippen LogP) is 7.16. The minimum absolute atomic E-state index is 0.160. The molecule has 0 spiro atoms. The summed E-state index contributed by atoms with van der Waals surface area (Å²) in [7, 11) is 0. The summed E-state index contributed by atoms with van der Waals surface area (Å²) in [5, 5.41) is 5.54. The maximum atomic E-state index is 12.6. The number of oxazole rings is 1. The van der Waals surface area contributed by atoms with Gasteiger partial charge in [0.05, 0.1) is 5.56 Å². The SMILES string of the molecule is O=C(Nc1ccc2oc(-c3cccc4c(Cl)cccc34)nc2c1)c1ccccc1I. The van der Waals surface area contributed by atoms with Crippen LogP contribution in [0.4, 0.5) is 5.69 Å². The second-order valence-electron chi connectivity index (χ2n) is 6.78. The van der Waals surface area contributed by atoms with Crippen molar-refractivity contribution < 1.29 is 9.21 Å². The zero-order valence-electron chi connectivity index (χ0n) is 15.5. The molecule has 6 heteroatoms. The Balaban J connectivity index is 1.52. The molecule has 0 aliphatic heterocycles. The zero-order chi connectivity index (χ0) is 20.7. The summed E-state index contributed by atoms with van der Waals surface area (Å²) in [5.41, 5.74) is 3.48. The first-order valence-corrected chi connectivity index (χ1v) is 10.7. The molecule has 30 heavy (non-hydrogen) atoms. The highest BCUT2D eigenvalue weighted by Crippen LogP contribution is 2.34. The summed E-state index contributed by atoms with van der Waals surface area (Å²) < 4.78 is 6.89. The summed E-state index contributed by atoms with van der Waals surface area (Å²) in [6.45, 7) is 0. The maximum Gasteiger partial charge on any atom is 0.256 e. The highest BCUT2D eigenvalue weighted by atomic mass is 127. The van der Waals surface area contributed by atoms with E-state index in [1.807, 2.05) is 72.8 Å². The quantitative estimate of drug-likeness (QED) is 0.255. The van der Waals surface area contributed by atoms with Crippen molar-refractivity contribution in [3.63, 3.8) is 0 Å². The third-order valence-corrected chi connectivity index (χ3v) is 6.13. The maximum absolute atomic E-state index is 12.6. The van der Waals surface area contributed by atoms with Gasteiger partial charge >= 0.3 is 0 Å². The molecular formula is C24H14ClIN2O2. The fraction of sp³-hybridized carbons (Fsp3) is 0. The number of aromatic nitrogens is 1. The number of anilines is 1. The Morgan fingerprint density at radius 1 is 0.933 bits per heavy atom. The Bertz CT molecular complexity index is 1430. The van der Waals surface area contributed by atoms with Crippen LogP contribution in [-0.2, 0) is 0 Å². The molecule has 0 bridgehead atoms. The van der Waals surface area contributed by atoms with Crippen molar-refractivity contribution in [3.05, 3.63) is 93.0 Å². The summed E-state index contributed by atoms with van der Waals surface area (Å²) in [6, 6.07) is 24.5. The fourth-order valence-corrected chi connectivity index (χ4v) is 4.29. The second kappa shape index (κ2) is 7.74. The lowest BCUT2D eigenvalue weighted by atomic mass is 10.0. The third kappa shape index (κ3) is 3.44. The highest BCUT2D eigenvalue weighted by molar-refractivity contribution is 14.1. The van der Waals surface area contributed by atoms with Crippen LogP contribution in [0.1, 0.15) is 10.4 Å². The molecule has 0 saturated heterocycles. The van der Waals surface area contributed by atoms with Crippen molar-refractivity contribution in [2.24, 2.45) is 0 Å². The lowest BCUT2D eigenvalue weighted by Crippen LogP contribution is -2.13. The van der Waals surface area contributed by atoms with Crippen LogP contribution in [0.25, 0.3) is 33.3 Å². The van der Waals surface area contributed by atoms with Crippen LogP contribution in [0.5, 0.6) is 0 Å². The summed E-state index contributed by atoms with van der Waals surface area (Å²) >= 11 is 8.49. The largest absolute Gasteiger partial charge is 0.436 e. The van der Waals surface area contributed by atoms with Gasteiger partial charge in [0.15, 0.2) is 5.58 Å². The molecule has 1 N–H and O–H groups in total. The highest BCUT2D eigenvalue weighted by Gasteiger charge is 2.14. The number of amides is 1. The number of halogens is 2. The van der Waals surface area contributed by atoms with Crippen LogP contribution in [0.15, 0.2) is 83.3 Å². The minimum Gasteiger partial charge on any atom is -0.436 e. The van der Waals surface area contributed by atoms with Gasteiger partial charge in [0.25, 0.3) is 5.91 Å². The second-order valence-corrected chi connectivity index (χ2v) is 8.35. The molecule has 0 unspecified atom stereocenters. The Kier molecular flexibility index (Phi) is 4.92. The minimum atomic E-state index is -0.160. The van der Waals surface area contributed by atoms with E-state index in [2.05, 4.69) is 32.9 Å². The summed E-state index contributed by atoms with van der Waals surface area (Å²) in [6.07, 6.45) is 0. The van der Waals surface area contributed by atoms with Crippen LogP contribution in [0.2, 0.25) is 5.02 Å². The van der Waals surface area contributed by atoms with Gasteiger partial charge in [0, 0.05) is 25.2 Å². The standard InChI is InChI=1S/C24H14ClIN2O2/c25-19-9-4-6-15-16(19)7-3-8-17(15)24-28-21-13-14(11-12-22(21)30-24)27-23(29)18-5-1-2-10-20(18)26/h1-13H,(H,27,29). The van der Waals surface area contributed by atoms with E-state index >= 15 is 0 Å². The number of hydrogen-bond donors (Lipinski definition) is 1. The molecule has 0 atom stereocenters. The molecule has 5 aromatic rings. The molecule has 4 aromatic carbocycles. The molecule has 0 radical (unpaired) electrons. The lowest BCUT2D eigenvalue weighted by Gasteiger charge is -2.06. The number of rotatable bonds is 3. The Hall–Kier alpha value is -2.90. The van der Waals surface area contributed by atoms with Crippen molar-refractivity contribution in [2.75, 3.05) is 5.32 Å². The van der Waals surface area contributed by atoms with E-state index in [0.717, 1.165) is 19.9 Å². The zero-order valence-corrected chi connectivity index (χ0v) is 18.4. The van der Waals surface area contributed by atoms with Crippen LogP contribution in [0, 0.1) is 3.57 Å². The van der Waals surface area contributed by atoms with Crippen molar-refractivity contribution >= 4 is 67.7 Å². The molecule has 1 amide bonds. The van der Waals surface area contributed by atoms with Crippen molar-refractivity contribution in [1.29, 1.82) is 0 Å². The van der Waals surface area contributed by atoms with Crippen molar-refractivity contribution in [3.8, 4) is 11.5 Å². The summed E-state index contributed by atoms with van der Waals surface area (Å²) in [4.78, 5) is 17.3. The van der Waals surface area contributed by atoms with E-state index in [1.165, 1.54) is 0 Å². The molecule has 0 saturated carbocycles. The average Bonchev–Trinajstić information content (AvgIpc) is 3.17. The molecule has 5 rings (SSSR count). The molecule has 146 valence electrons. The van der Waals surface area contributed by atoms with Crippen LogP contribution >= 0.6 is 34.2 Å². The molecule has 0 aliphatic carbocycles. The van der Waals surface area contributed by atoms with E-state index in [9.17, 15) is 4.79 Å². The van der Waals surface area contributed by atoms with Gasteiger partial charge in [0.2, 0.25) is 5.89 Å². The van der Waals surface area contributed by atoms with E-state index < -0.39 is 0 Å².